The van der Waals surface area contributed by atoms with Crippen molar-refractivity contribution in [3.8, 4) is 0 Å². The molecule has 63 valence electrons. The van der Waals surface area contributed by atoms with E-state index >= 15 is 0 Å². The maximum absolute atomic E-state index is 11.8. The molecule has 2 aliphatic rings. The molecule has 0 aromatic rings. The van der Waals surface area contributed by atoms with Crippen molar-refractivity contribution >= 4 is 0 Å². The van der Waals surface area contributed by atoms with Gasteiger partial charge in [0.15, 0.2) is 5.72 Å². The Kier molecular flexibility index (Phi) is 1.90. The average Bonchev–Trinajstić information content (AvgIpc) is 2.02. The van der Waals surface area contributed by atoms with Gasteiger partial charge in [-0.25, -0.2) is 5.11 Å². The minimum atomic E-state index is -0.625. The van der Waals surface area contributed by atoms with E-state index in [-0.39, 0.29) is 0 Å². The van der Waals surface area contributed by atoms with Crippen LogP contribution in [0.15, 0.2) is 0 Å². The molecule has 0 aromatic heterocycles. The lowest BCUT2D eigenvalue weighted by atomic mass is 9.85. The highest BCUT2D eigenvalue weighted by atomic mass is 16.3. The molecule has 2 rings (SSSR count). The third kappa shape index (κ3) is 1.30. The molecule has 1 saturated carbocycles. The molecule has 2 heteroatoms. The van der Waals surface area contributed by atoms with Gasteiger partial charge in [-0.1, -0.05) is 6.42 Å². The second kappa shape index (κ2) is 2.76. The third-order valence-electron chi connectivity index (χ3n) is 3.07. The number of piperidine rings is 1. The highest BCUT2D eigenvalue weighted by molar-refractivity contribution is 4.88. The normalized spacial score (nSPS) is 31.4. The third-order valence-corrected chi connectivity index (χ3v) is 3.07. The largest absolute Gasteiger partial charge is 0.273 e. The number of hydrogen-bond donors (Lipinski definition) is 0. The Morgan fingerprint density at radius 2 is 1.55 bits per heavy atom. The fourth-order valence-electron chi connectivity index (χ4n) is 2.10. The molecule has 1 radical (unpaired) electrons. The molecule has 0 unspecified atom stereocenters. The molecule has 0 bridgehead atoms. The van der Waals surface area contributed by atoms with E-state index in [4.69, 9.17) is 0 Å². The van der Waals surface area contributed by atoms with Crippen molar-refractivity contribution in [2.24, 2.45) is 0 Å². The first-order chi connectivity index (χ1) is 5.31. The molecule has 2 nitrogen and oxygen atoms in total. The smallest absolute Gasteiger partial charge is 0.156 e. The van der Waals surface area contributed by atoms with Crippen LogP contribution in [0.1, 0.15) is 38.5 Å². The van der Waals surface area contributed by atoms with Gasteiger partial charge < -0.3 is 0 Å². The van der Waals surface area contributed by atoms with Crippen molar-refractivity contribution in [2.45, 2.75) is 44.2 Å². The van der Waals surface area contributed by atoms with Gasteiger partial charge in [-0.05, 0) is 32.1 Å². The first kappa shape index (κ1) is 7.56. The van der Waals surface area contributed by atoms with E-state index in [1.165, 1.54) is 19.3 Å². The van der Waals surface area contributed by atoms with E-state index < -0.39 is 5.72 Å². The van der Waals surface area contributed by atoms with Crippen LogP contribution < -0.4 is 0 Å². The molecule has 1 saturated heterocycles. The minimum absolute atomic E-state index is 0.625. The van der Waals surface area contributed by atoms with Gasteiger partial charge in [-0.15, -0.1) is 0 Å². The van der Waals surface area contributed by atoms with E-state index in [0.717, 1.165) is 32.4 Å². The summed E-state index contributed by atoms with van der Waals surface area (Å²) in [7, 11) is 0. The second-order valence-electron chi connectivity index (χ2n) is 3.85. The molecule has 11 heavy (non-hydrogen) atoms. The van der Waals surface area contributed by atoms with E-state index in [9.17, 15) is 5.11 Å². The van der Waals surface area contributed by atoms with Gasteiger partial charge in [0.1, 0.15) is 0 Å². The van der Waals surface area contributed by atoms with Crippen molar-refractivity contribution in [1.29, 1.82) is 0 Å². The van der Waals surface area contributed by atoms with Crippen LogP contribution in [0.25, 0.3) is 0 Å². The van der Waals surface area contributed by atoms with Gasteiger partial charge in [-0.3, -0.25) is 4.90 Å². The van der Waals surface area contributed by atoms with Crippen LogP contribution in [0.4, 0.5) is 0 Å². The van der Waals surface area contributed by atoms with Crippen molar-refractivity contribution < 1.29 is 5.11 Å². The summed E-state index contributed by atoms with van der Waals surface area (Å²) in [6.45, 7) is 2.12. The average molecular weight is 154 g/mol. The summed E-state index contributed by atoms with van der Waals surface area (Å²) in [5, 5.41) is 11.8. The Bertz CT molecular complexity index is 136. The highest BCUT2D eigenvalue weighted by Gasteiger charge is 2.42. The van der Waals surface area contributed by atoms with Gasteiger partial charge in [0.2, 0.25) is 0 Å². The standard InChI is InChI=1S/C9H16NO/c11-9(5-4-6-9)10-7-2-1-3-8-10/h1-8H2. The molecule has 0 aromatic carbocycles. The second-order valence-corrected chi connectivity index (χ2v) is 3.85. The summed E-state index contributed by atoms with van der Waals surface area (Å²) in [5.74, 6) is 0. The zero-order chi connectivity index (χ0) is 7.73. The van der Waals surface area contributed by atoms with Gasteiger partial charge in [0, 0.05) is 13.1 Å². The fraction of sp³-hybridized carbons (Fsp3) is 1.00. The Morgan fingerprint density at radius 3 is 2.00 bits per heavy atom. The molecule has 0 spiro atoms. The quantitative estimate of drug-likeness (QED) is 0.564. The topological polar surface area (TPSA) is 23.1 Å². The lowest BCUT2D eigenvalue weighted by molar-refractivity contribution is -0.208. The van der Waals surface area contributed by atoms with E-state index in [0.29, 0.717) is 0 Å². The maximum atomic E-state index is 11.8. The molecule has 0 N–H and O–H groups in total. The number of rotatable bonds is 1. The summed E-state index contributed by atoms with van der Waals surface area (Å²) in [6, 6.07) is 0. The molecule has 0 amide bonds. The maximum Gasteiger partial charge on any atom is 0.156 e. The van der Waals surface area contributed by atoms with Gasteiger partial charge in [0.25, 0.3) is 0 Å². The van der Waals surface area contributed by atoms with Crippen molar-refractivity contribution in [2.75, 3.05) is 13.1 Å². The van der Waals surface area contributed by atoms with E-state index in [1.807, 2.05) is 0 Å². The molecular formula is C9H16NO. The minimum Gasteiger partial charge on any atom is -0.273 e. The molecular weight excluding hydrogens is 138 g/mol. The lowest BCUT2D eigenvalue weighted by Crippen LogP contribution is -2.54. The van der Waals surface area contributed by atoms with Crippen LogP contribution in [0.5, 0.6) is 0 Å². The van der Waals surface area contributed by atoms with Crippen molar-refractivity contribution in [3.63, 3.8) is 0 Å². The summed E-state index contributed by atoms with van der Waals surface area (Å²) in [4.78, 5) is 2.17. The molecule has 0 atom stereocenters. The van der Waals surface area contributed by atoms with E-state index in [2.05, 4.69) is 4.90 Å². The van der Waals surface area contributed by atoms with Crippen LogP contribution in [0.3, 0.4) is 0 Å². The predicted molar refractivity (Wildman–Crippen MR) is 42.7 cm³/mol. The molecule has 2 fully saturated rings. The van der Waals surface area contributed by atoms with Gasteiger partial charge in [0.05, 0.1) is 0 Å². The zero-order valence-corrected chi connectivity index (χ0v) is 7.01. The monoisotopic (exact) mass is 154 g/mol. The Morgan fingerprint density at radius 1 is 0.909 bits per heavy atom. The Balaban J connectivity index is 1.91. The van der Waals surface area contributed by atoms with Crippen LogP contribution >= 0.6 is 0 Å². The molecule has 1 aliphatic carbocycles. The summed E-state index contributed by atoms with van der Waals surface area (Å²) < 4.78 is 0. The number of hydrogen-bond acceptors (Lipinski definition) is 1. The van der Waals surface area contributed by atoms with Gasteiger partial charge >= 0.3 is 0 Å². The van der Waals surface area contributed by atoms with Crippen LogP contribution in [-0.4, -0.2) is 23.7 Å². The highest BCUT2D eigenvalue weighted by Crippen LogP contribution is 2.37. The first-order valence-corrected chi connectivity index (χ1v) is 4.77. The Hall–Kier alpha value is -0.0800. The van der Waals surface area contributed by atoms with Crippen LogP contribution in [0.2, 0.25) is 0 Å². The van der Waals surface area contributed by atoms with Crippen LogP contribution in [0, 0.1) is 0 Å². The fourth-order valence-corrected chi connectivity index (χ4v) is 2.10. The number of nitrogens with zero attached hydrogens (tertiary/aromatic N) is 1. The number of likely N-dealkylation sites (tertiary alicyclic amines) is 1. The zero-order valence-electron chi connectivity index (χ0n) is 7.01. The molecule has 1 heterocycles. The summed E-state index contributed by atoms with van der Waals surface area (Å²) in [6.07, 6.45) is 6.75. The molecule has 1 aliphatic heterocycles. The Labute approximate surface area is 68.2 Å². The predicted octanol–water partition coefficient (Wildman–Crippen LogP) is 1.78. The lowest BCUT2D eigenvalue weighted by Gasteiger charge is -2.45. The van der Waals surface area contributed by atoms with Crippen molar-refractivity contribution in [3.05, 3.63) is 0 Å². The van der Waals surface area contributed by atoms with Crippen LogP contribution in [-0.2, 0) is 5.11 Å². The SMILES string of the molecule is [O]C1(N2CCCCC2)CCC1. The van der Waals surface area contributed by atoms with Gasteiger partial charge in [-0.2, -0.15) is 0 Å². The van der Waals surface area contributed by atoms with E-state index in [1.54, 1.807) is 0 Å². The van der Waals surface area contributed by atoms with Crippen molar-refractivity contribution in [1.82, 2.24) is 4.90 Å². The summed E-state index contributed by atoms with van der Waals surface area (Å²) >= 11 is 0. The first-order valence-electron chi connectivity index (χ1n) is 4.77. The summed E-state index contributed by atoms with van der Waals surface area (Å²) in [5.41, 5.74) is -0.625.